The van der Waals surface area contributed by atoms with Gasteiger partial charge in [-0.25, -0.2) is 9.97 Å². The molecule has 0 saturated carbocycles. The van der Waals surface area contributed by atoms with Crippen LogP contribution in [-0.4, -0.2) is 27.2 Å². The monoisotopic (exact) mass is 417 g/mol. The lowest BCUT2D eigenvalue weighted by molar-refractivity contribution is -0.0497. The second-order valence-corrected chi connectivity index (χ2v) is 7.88. The number of aromatic nitrogens is 3. The number of benzene rings is 1. The van der Waals surface area contributed by atoms with Crippen LogP contribution in [-0.2, 0) is 0 Å². The number of nitriles is 1. The summed E-state index contributed by atoms with van der Waals surface area (Å²) in [5.41, 5.74) is 1.58. The number of ether oxygens (including phenoxy) is 1. The molecule has 0 amide bonds. The molecule has 1 N–H and O–H groups in total. The maximum atomic E-state index is 12.6. The maximum absolute atomic E-state index is 12.6. The maximum Gasteiger partial charge on any atom is 0.387 e. The summed E-state index contributed by atoms with van der Waals surface area (Å²) in [4.78, 5) is 9.75. The third-order valence-electron chi connectivity index (χ3n) is 4.08. The third-order valence-corrected chi connectivity index (χ3v) is 5.12. The van der Waals surface area contributed by atoms with Gasteiger partial charge >= 0.3 is 6.61 Å². The molecule has 0 bridgehead atoms. The smallest absolute Gasteiger partial charge is 0.387 e. The number of alkyl halides is 2. The van der Waals surface area contributed by atoms with E-state index in [4.69, 9.17) is 0 Å². The number of rotatable bonds is 7. The first kappa shape index (κ1) is 21.0. The fourth-order valence-corrected chi connectivity index (χ4v) is 3.60. The van der Waals surface area contributed by atoms with Crippen LogP contribution in [0.5, 0.6) is 5.75 Å². The summed E-state index contributed by atoms with van der Waals surface area (Å²) in [6.07, 6.45) is 3.38. The molecular formula is C20H21F2N5OS. The summed E-state index contributed by atoms with van der Waals surface area (Å²) in [6, 6.07) is 7.03. The highest BCUT2D eigenvalue weighted by atomic mass is 32.2. The third kappa shape index (κ3) is 4.49. The van der Waals surface area contributed by atoms with Crippen molar-refractivity contribution in [2.45, 2.75) is 51.3 Å². The number of fused-ring (bicyclic) bond motifs is 1. The molecule has 3 rings (SSSR count). The van der Waals surface area contributed by atoms with E-state index in [0.717, 1.165) is 4.90 Å². The first-order chi connectivity index (χ1) is 13.8. The molecule has 152 valence electrons. The fourth-order valence-electron chi connectivity index (χ4n) is 3.01. The van der Waals surface area contributed by atoms with Gasteiger partial charge in [-0.05, 0) is 51.8 Å². The summed E-state index contributed by atoms with van der Waals surface area (Å²) in [5, 5.41) is 10.4. The highest BCUT2D eigenvalue weighted by Gasteiger charge is 2.23. The van der Waals surface area contributed by atoms with E-state index in [2.05, 4.69) is 25.5 Å². The first-order valence-corrected chi connectivity index (χ1v) is 9.91. The van der Waals surface area contributed by atoms with Crippen LogP contribution in [0.3, 0.4) is 0 Å². The number of hydrogen-bond acceptors (Lipinski definition) is 6. The van der Waals surface area contributed by atoms with Crippen LogP contribution in [0.2, 0.25) is 0 Å². The van der Waals surface area contributed by atoms with Crippen LogP contribution in [0, 0.1) is 11.3 Å². The molecular weight excluding hydrogens is 396 g/mol. The normalized spacial score (nSPS) is 11.6. The van der Waals surface area contributed by atoms with Gasteiger partial charge in [0.15, 0.2) is 5.82 Å². The number of halogens is 2. The molecule has 3 aromatic rings. The standard InChI is InChI=1S/C20H21F2N5OS/c1-11(2)26-29-14-9-24-19(25-10-14)18-16(8-23)15-6-5-13(28-20(21)22)7-17(15)27(18)12(3)4/h5-7,9-12,20,26H,1-4H3. The largest absolute Gasteiger partial charge is 0.435 e. The van der Waals surface area contributed by atoms with Crippen molar-refractivity contribution in [3.8, 4) is 23.3 Å². The molecule has 0 saturated heterocycles. The van der Waals surface area contributed by atoms with E-state index in [1.165, 1.54) is 24.1 Å². The van der Waals surface area contributed by atoms with Crippen LogP contribution >= 0.6 is 11.9 Å². The molecule has 9 heteroatoms. The van der Waals surface area contributed by atoms with Gasteiger partial charge in [0.2, 0.25) is 0 Å². The van der Waals surface area contributed by atoms with Crippen LogP contribution in [0.1, 0.15) is 39.3 Å². The van der Waals surface area contributed by atoms with Crippen LogP contribution in [0.4, 0.5) is 8.78 Å². The zero-order valence-corrected chi connectivity index (χ0v) is 17.3. The van der Waals surface area contributed by atoms with Crippen LogP contribution in [0.15, 0.2) is 35.5 Å². The van der Waals surface area contributed by atoms with E-state index in [9.17, 15) is 14.0 Å². The average Bonchev–Trinajstić information content (AvgIpc) is 3.00. The van der Waals surface area contributed by atoms with Crippen LogP contribution in [0.25, 0.3) is 22.4 Å². The predicted octanol–water partition coefficient (Wildman–Crippen LogP) is 5.16. The molecule has 0 radical (unpaired) electrons. The summed E-state index contributed by atoms with van der Waals surface area (Å²) in [6.45, 7) is 5.05. The predicted molar refractivity (Wildman–Crippen MR) is 109 cm³/mol. The van der Waals surface area contributed by atoms with Gasteiger partial charge in [0.25, 0.3) is 0 Å². The fraction of sp³-hybridized carbons (Fsp3) is 0.350. The topological polar surface area (TPSA) is 75.8 Å². The second kappa shape index (κ2) is 8.76. The lowest BCUT2D eigenvalue weighted by atomic mass is 10.1. The van der Waals surface area contributed by atoms with E-state index in [-0.39, 0.29) is 11.8 Å². The molecule has 0 unspecified atom stereocenters. The Balaban J connectivity index is 2.13. The minimum atomic E-state index is -2.92. The van der Waals surface area contributed by atoms with Crippen molar-refractivity contribution in [3.63, 3.8) is 0 Å². The van der Waals surface area contributed by atoms with Crippen molar-refractivity contribution in [2.24, 2.45) is 0 Å². The van der Waals surface area contributed by atoms with Crippen molar-refractivity contribution in [3.05, 3.63) is 36.2 Å². The average molecular weight is 417 g/mol. The van der Waals surface area contributed by atoms with E-state index in [1.54, 1.807) is 18.5 Å². The van der Waals surface area contributed by atoms with Crippen molar-refractivity contribution in [2.75, 3.05) is 0 Å². The Morgan fingerprint density at radius 3 is 2.41 bits per heavy atom. The minimum Gasteiger partial charge on any atom is -0.435 e. The number of nitrogens with one attached hydrogen (secondary N) is 1. The molecule has 0 spiro atoms. The van der Waals surface area contributed by atoms with Gasteiger partial charge in [-0.15, -0.1) is 0 Å². The molecule has 0 aliphatic carbocycles. The Bertz CT molecular complexity index is 1040. The van der Waals surface area contributed by atoms with E-state index < -0.39 is 6.61 Å². The van der Waals surface area contributed by atoms with Gasteiger partial charge < -0.3 is 9.30 Å². The highest BCUT2D eigenvalue weighted by Crippen LogP contribution is 2.36. The molecule has 6 nitrogen and oxygen atoms in total. The first-order valence-electron chi connectivity index (χ1n) is 9.09. The molecule has 1 aromatic carbocycles. The van der Waals surface area contributed by atoms with Crippen LogP contribution < -0.4 is 9.46 Å². The molecule has 0 aliphatic heterocycles. The SMILES string of the molecule is CC(C)NSc1cnc(-c2c(C#N)c3ccc(OC(F)F)cc3n2C(C)C)nc1. The van der Waals surface area contributed by atoms with E-state index in [0.29, 0.717) is 34.0 Å². The molecule has 2 heterocycles. The Labute approximate surface area is 172 Å². The highest BCUT2D eigenvalue weighted by molar-refractivity contribution is 7.97. The Hall–Kier alpha value is -2.70. The summed E-state index contributed by atoms with van der Waals surface area (Å²) < 4.78 is 34.9. The second-order valence-electron chi connectivity index (χ2n) is 6.97. The van der Waals surface area contributed by atoms with Crippen molar-refractivity contribution >= 4 is 22.9 Å². The summed E-state index contributed by atoms with van der Waals surface area (Å²) in [5.74, 6) is 0.437. The van der Waals surface area contributed by atoms with Gasteiger partial charge in [0.1, 0.15) is 17.5 Å². The minimum absolute atomic E-state index is 0.0374. The lowest BCUT2D eigenvalue weighted by Gasteiger charge is -2.15. The summed E-state index contributed by atoms with van der Waals surface area (Å²) >= 11 is 1.43. The van der Waals surface area contributed by atoms with Gasteiger partial charge in [-0.2, -0.15) is 14.0 Å². The zero-order valence-electron chi connectivity index (χ0n) is 16.5. The van der Waals surface area contributed by atoms with Gasteiger partial charge in [-0.3, -0.25) is 4.72 Å². The quantitative estimate of drug-likeness (QED) is 0.535. The lowest BCUT2D eigenvalue weighted by Crippen LogP contribution is -2.13. The Morgan fingerprint density at radius 1 is 1.17 bits per heavy atom. The Kier molecular flexibility index (Phi) is 6.35. The van der Waals surface area contributed by atoms with Gasteiger partial charge in [0, 0.05) is 35.9 Å². The van der Waals surface area contributed by atoms with Crippen molar-refractivity contribution in [1.82, 2.24) is 19.3 Å². The zero-order chi connectivity index (χ0) is 21.1. The molecule has 0 aliphatic rings. The molecule has 29 heavy (non-hydrogen) atoms. The number of hydrogen-bond donors (Lipinski definition) is 1. The van der Waals surface area contributed by atoms with E-state index in [1.807, 2.05) is 32.3 Å². The van der Waals surface area contributed by atoms with Crippen molar-refractivity contribution in [1.29, 1.82) is 5.26 Å². The van der Waals surface area contributed by atoms with Gasteiger partial charge in [0.05, 0.1) is 16.0 Å². The Morgan fingerprint density at radius 2 is 1.86 bits per heavy atom. The molecule has 0 atom stereocenters. The summed E-state index contributed by atoms with van der Waals surface area (Å²) in [7, 11) is 0. The van der Waals surface area contributed by atoms with E-state index >= 15 is 0 Å². The number of nitrogens with zero attached hydrogens (tertiary/aromatic N) is 4. The molecule has 2 aromatic heterocycles. The van der Waals surface area contributed by atoms with Crippen molar-refractivity contribution < 1.29 is 13.5 Å². The molecule has 0 fully saturated rings. The van der Waals surface area contributed by atoms with Gasteiger partial charge in [-0.1, -0.05) is 0 Å².